The van der Waals surface area contributed by atoms with Crippen molar-refractivity contribution in [3.8, 4) is 0 Å². The summed E-state index contributed by atoms with van der Waals surface area (Å²) in [4.78, 5) is 20.8. The first-order valence-corrected chi connectivity index (χ1v) is 9.88. The van der Waals surface area contributed by atoms with Gasteiger partial charge in [0.25, 0.3) is 0 Å². The van der Waals surface area contributed by atoms with Gasteiger partial charge in [-0.25, -0.2) is 4.79 Å². The number of aliphatic hydroxyl groups is 1. The molecule has 2 aliphatic rings. The first kappa shape index (κ1) is 19.0. The molecule has 2 N–H and O–H groups in total. The minimum atomic E-state index is -0.945. The van der Waals surface area contributed by atoms with E-state index >= 15 is 0 Å². The van der Waals surface area contributed by atoms with Crippen molar-refractivity contribution in [2.24, 2.45) is 4.99 Å². The van der Waals surface area contributed by atoms with Crippen LogP contribution in [0.4, 0.5) is 4.79 Å². The van der Waals surface area contributed by atoms with Gasteiger partial charge >= 0.3 is 6.09 Å². The summed E-state index contributed by atoms with van der Waals surface area (Å²) in [6, 6.07) is 2.09. The van der Waals surface area contributed by atoms with Crippen molar-refractivity contribution in [2.75, 3.05) is 32.7 Å². The molecule has 7 nitrogen and oxygen atoms in total. The summed E-state index contributed by atoms with van der Waals surface area (Å²) in [6.45, 7) is 10.4. The number of ether oxygens (including phenoxy) is 1. The number of amides is 1. The predicted molar refractivity (Wildman–Crippen MR) is 102 cm³/mol. The van der Waals surface area contributed by atoms with Crippen molar-refractivity contribution in [1.29, 1.82) is 0 Å². The van der Waals surface area contributed by atoms with Gasteiger partial charge in [-0.15, -0.1) is 0 Å². The molecule has 3 rings (SSSR count). The van der Waals surface area contributed by atoms with Crippen LogP contribution >= 0.6 is 11.3 Å². The van der Waals surface area contributed by atoms with Crippen LogP contribution < -0.4 is 5.32 Å². The molecule has 2 atom stereocenters. The molecule has 1 amide bonds. The smallest absolute Gasteiger partial charge is 0.410 e. The number of carbonyl (C=O) groups excluding carboxylic acids is 1. The molecule has 26 heavy (non-hydrogen) atoms. The molecule has 0 saturated carbocycles. The Hall–Kier alpha value is -1.80. The molecule has 0 radical (unpaired) electrons. The number of nitrogens with one attached hydrogen (secondary N) is 1. The Labute approximate surface area is 158 Å². The Morgan fingerprint density at radius 2 is 2.19 bits per heavy atom. The van der Waals surface area contributed by atoms with E-state index in [0.717, 1.165) is 11.5 Å². The number of hydrogen-bond donors (Lipinski definition) is 2. The van der Waals surface area contributed by atoms with Gasteiger partial charge in [0.05, 0.1) is 19.1 Å². The number of thiophene rings is 1. The van der Waals surface area contributed by atoms with Crippen molar-refractivity contribution in [2.45, 2.75) is 44.9 Å². The zero-order chi connectivity index (χ0) is 18.9. The Balaban J connectivity index is 1.53. The first-order chi connectivity index (χ1) is 12.2. The zero-order valence-electron chi connectivity index (χ0n) is 15.9. The summed E-state index contributed by atoms with van der Waals surface area (Å²) in [5.41, 5.74) is -0.529. The molecule has 0 aliphatic carbocycles. The normalized spacial score (nSPS) is 22.5. The highest BCUT2D eigenvalue weighted by atomic mass is 32.1. The maximum absolute atomic E-state index is 12.3. The minimum Gasteiger partial charge on any atom is -0.444 e. The Kier molecular flexibility index (Phi) is 5.16. The molecule has 3 heterocycles. The van der Waals surface area contributed by atoms with E-state index in [-0.39, 0.29) is 12.1 Å². The maximum atomic E-state index is 12.3. The molecule has 2 unspecified atom stereocenters. The van der Waals surface area contributed by atoms with Gasteiger partial charge in [0, 0.05) is 19.6 Å². The lowest BCUT2D eigenvalue weighted by molar-refractivity contribution is 0.0136. The van der Waals surface area contributed by atoms with Gasteiger partial charge in [-0.05, 0) is 50.1 Å². The molecular weight excluding hydrogens is 352 g/mol. The van der Waals surface area contributed by atoms with Crippen molar-refractivity contribution in [3.05, 3.63) is 22.4 Å². The van der Waals surface area contributed by atoms with E-state index in [2.05, 4.69) is 15.2 Å². The standard InChI is InChI=1S/C18H28N4O3S/c1-17(2,3)25-16(23)21-6-7-22-14(10-21)9-19-15(22)20-12-18(4,24)13-5-8-26-11-13/h5,8,11,14,24H,6-7,9-10,12H2,1-4H3,(H,19,20). The number of aliphatic imine (C=N–C) groups is 1. The van der Waals surface area contributed by atoms with Crippen LogP contribution in [0.2, 0.25) is 0 Å². The van der Waals surface area contributed by atoms with Crippen LogP contribution in [0.5, 0.6) is 0 Å². The number of guanidine groups is 1. The molecule has 1 saturated heterocycles. The highest BCUT2D eigenvalue weighted by Gasteiger charge is 2.37. The summed E-state index contributed by atoms with van der Waals surface area (Å²) in [7, 11) is 0. The fraction of sp³-hybridized carbons (Fsp3) is 0.667. The Morgan fingerprint density at radius 3 is 2.85 bits per heavy atom. The number of piperazine rings is 1. The van der Waals surface area contributed by atoms with E-state index in [4.69, 9.17) is 4.74 Å². The van der Waals surface area contributed by atoms with Crippen molar-refractivity contribution in [3.63, 3.8) is 0 Å². The lowest BCUT2D eigenvalue weighted by Gasteiger charge is -2.39. The lowest BCUT2D eigenvalue weighted by atomic mass is 9.99. The summed E-state index contributed by atoms with van der Waals surface area (Å²) in [5.74, 6) is 0.800. The third kappa shape index (κ3) is 4.29. The van der Waals surface area contributed by atoms with Gasteiger partial charge in [0.15, 0.2) is 5.96 Å². The molecule has 1 aromatic rings. The van der Waals surface area contributed by atoms with Crippen molar-refractivity contribution < 1.29 is 14.6 Å². The van der Waals surface area contributed by atoms with Crippen LogP contribution in [-0.4, -0.2) is 71.3 Å². The average Bonchev–Trinajstić information content (AvgIpc) is 3.21. The molecule has 0 aromatic carbocycles. The highest BCUT2D eigenvalue weighted by Crippen LogP contribution is 2.23. The van der Waals surface area contributed by atoms with Crippen LogP contribution in [0.15, 0.2) is 21.8 Å². The summed E-state index contributed by atoms with van der Waals surface area (Å²) < 4.78 is 5.47. The van der Waals surface area contributed by atoms with Gasteiger partial charge in [-0.1, -0.05) is 0 Å². The second kappa shape index (κ2) is 7.08. The Bertz CT molecular complexity index is 666. The second-order valence-electron chi connectivity index (χ2n) is 8.08. The van der Waals surface area contributed by atoms with E-state index in [1.807, 2.05) is 37.6 Å². The number of nitrogens with zero attached hydrogens (tertiary/aromatic N) is 3. The summed E-state index contributed by atoms with van der Waals surface area (Å²) in [6.07, 6.45) is -0.265. The summed E-state index contributed by atoms with van der Waals surface area (Å²) >= 11 is 1.57. The SMILES string of the molecule is CC(C)(C)OC(=O)N1CCN2C(NCC(C)(O)c3ccsc3)=NCC2C1. The first-order valence-electron chi connectivity index (χ1n) is 8.94. The maximum Gasteiger partial charge on any atom is 0.410 e. The van der Waals surface area contributed by atoms with Gasteiger partial charge in [-0.2, -0.15) is 11.3 Å². The molecule has 0 bridgehead atoms. The van der Waals surface area contributed by atoms with Crippen molar-refractivity contribution in [1.82, 2.24) is 15.1 Å². The van der Waals surface area contributed by atoms with Gasteiger partial charge in [-0.3, -0.25) is 4.99 Å². The quantitative estimate of drug-likeness (QED) is 0.837. The predicted octanol–water partition coefficient (Wildman–Crippen LogP) is 1.84. The third-order valence-electron chi connectivity index (χ3n) is 4.59. The second-order valence-corrected chi connectivity index (χ2v) is 8.86. The monoisotopic (exact) mass is 380 g/mol. The van der Waals surface area contributed by atoms with E-state index in [1.54, 1.807) is 23.2 Å². The molecule has 8 heteroatoms. The van der Waals surface area contributed by atoms with Crippen LogP contribution in [0.1, 0.15) is 33.3 Å². The number of fused-ring (bicyclic) bond motifs is 1. The summed E-state index contributed by atoms with van der Waals surface area (Å²) in [5, 5.41) is 17.9. The Morgan fingerprint density at radius 1 is 1.42 bits per heavy atom. The number of hydrogen-bond acceptors (Lipinski definition) is 7. The molecule has 1 aromatic heterocycles. The molecule has 1 fully saturated rings. The minimum absolute atomic E-state index is 0.157. The van der Waals surface area contributed by atoms with Crippen LogP contribution in [-0.2, 0) is 10.3 Å². The molecule has 144 valence electrons. The number of carbonyl (C=O) groups is 1. The van der Waals surface area contributed by atoms with E-state index in [0.29, 0.717) is 32.7 Å². The van der Waals surface area contributed by atoms with Crippen LogP contribution in [0.3, 0.4) is 0 Å². The molecule has 2 aliphatic heterocycles. The zero-order valence-corrected chi connectivity index (χ0v) is 16.7. The highest BCUT2D eigenvalue weighted by molar-refractivity contribution is 7.08. The van der Waals surface area contributed by atoms with E-state index < -0.39 is 11.2 Å². The van der Waals surface area contributed by atoms with Gasteiger partial charge in [0.1, 0.15) is 11.2 Å². The number of rotatable bonds is 3. The molecule has 0 spiro atoms. The van der Waals surface area contributed by atoms with E-state index in [9.17, 15) is 9.90 Å². The molecular formula is C18H28N4O3S. The fourth-order valence-corrected chi connectivity index (χ4v) is 3.93. The van der Waals surface area contributed by atoms with E-state index in [1.165, 1.54) is 0 Å². The van der Waals surface area contributed by atoms with Gasteiger partial charge in [0.2, 0.25) is 0 Å². The lowest BCUT2D eigenvalue weighted by Crippen LogP contribution is -2.58. The fourth-order valence-electron chi connectivity index (χ4n) is 3.15. The van der Waals surface area contributed by atoms with Gasteiger partial charge < -0.3 is 25.0 Å². The largest absolute Gasteiger partial charge is 0.444 e. The van der Waals surface area contributed by atoms with Crippen molar-refractivity contribution >= 4 is 23.4 Å². The van der Waals surface area contributed by atoms with Crippen LogP contribution in [0, 0.1) is 0 Å². The topological polar surface area (TPSA) is 77.4 Å². The third-order valence-corrected chi connectivity index (χ3v) is 5.28. The van der Waals surface area contributed by atoms with Crippen LogP contribution in [0.25, 0.3) is 0 Å². The average molecular weight is 381 g/mol.